The van der Waals surface area contributed by atoms with Crippen molar-refractivity contribution in [2.75, 3.05) is 11.9 Å². The van der Waals surface area contributed by atoms with Gasteiger partial charge in [0.05, 0.1) is 11.3 Å². The number of hydrogen-bond donors (Lipinski definition) is 2. The molecule has 0 atom stereocenters. The van der Waals surface area contributed by atoms with Crippen molar-refractivity contribution in [3.05, 3.63) is 51.6 Å². The minimum absolute atomic E-state index is 0.0748. The monoisotopic (exact) mass is 397 g/mol. The Kier molecular flexibility index (Phi) is 5.36. The zero-order valence-electron chi connectivity index (χ0n) is 15.6. The van der Waals surface area contributed by atoms with E-state index < -0.39 is 0 Å². The second kappa shape index (κ2) is 7.73. The van der Waals surface area contributed by atoms with Crippen LogP contribution >= 0.6 is 12.2 Å². The van der Waals surface area contributed by atoms with Gasteiger partial charge >= 0.3 is 0 Å². The molecule has 3 aromatic rings. The van der Waals surface area contributed by atoms with Crippen LogP contribution in [0.1, 0.15) is 19.4 Å². The molecule has 2 aromatic carbocycles. The third-order valence-corrected chi connectivity index (χ3v) is 4.83. The maximum absolute atomic E-state index is 11.5. The number of phenols is 1. The first kappa shape index (κ1) is 19.4. The van der Waals surface area contributed by atoms with Crippen LogP contribution in [0.5, 0.6) is 5.75 Å². The largest absolute Gasteiger partial charge is 0.507 e. The number of amides is 1. The van der Waals surface area contributed by atoms with E-state index in [0.29, 0.717) is 33.8 Å². The van der Waals surface area contributed by atoms with E-state index in [9.17, 15) is 14.8 Å². The molecule has 28 heavy (non-hydrogen) atoms. The molecule has 0 spiro atoms. The van der Waals surface area contributed by atoms with Gasteiger partial charge < -0.3 is 10.0 Å². The van der Waals surface area contributed by atoms with Crippen LogP contribution in [0.15, 0.2) is 41.6 Å². The second-order valence-corrected chi connectivity index (χ2v) is 6.61. The molecular weight excluding hydrogens is 378 g/mol. The molecule has 1 amide bonds. The highest BCUT2D eigenvalue weighted by Crippen LogP contribution is 2.36. The van der Waals surface area contributed by atoms with Crippen molar-refractivity contribution in [3.8, 4) is 22.8 Å². The molecule has 3 rings (SSSR count). The molecule has 144 valence electrons. The van der Waals surface area contributed by atoms with Gasteiger partial charge in [0.25, 0.3) is 0 Å². The van der Waals surface area contributed by atoms with Gasteiger partial charge in [0.1, 0.15) is 11.4 Å². The quantitative estimate of drug-likeness (QED) is 0.495. The third kappa shape index (κ3) is 3.44. The molecule has 2 N–H and O–H groups in total. The number of benzene rings is 2. The Morgan fingerprint density at radius 3 is 2.57 bits per heavy atom. The molecule has 0 saturated heterocycles. The van der Waals surface area contributed by atoms with Crippen molar-refractivity contribution in [2.24, 2.45) is 5.18 Å². The number of H-pyrrole nitrogens is 1. The van der Waals surface area contributed by atoms with Gasteiger partial charge in [0.15, 0.2) is 10.6 Å². The lowest BCUT2D eigenvalue weighted by atomic mass is 10.0. The molecule has 1 heterocycles. The van der Waals surface area contributed by atoms with Crippen molar-refractivity contribution in [2.45, 2.75) is 20.3 Å². The number of aromatic nitrogens is 3. The normalized spacial score (nSPS) is 10.7. The SMILES string of the molecule is CCc1cc(-c2n[nH]c(=S)n2-c2ccc(N(C)C(C)=O)cc2)c(O)cc1N=O. The first-order chi connectivity index (χ1) is 13.4. The maximum Gasteiger partial charge on any atom is 0.223 e. The highest BCUT2D eigenvalue weighted by molar-refractivity contribution is 7.71. The maximum atomic E-state index is 11.5. The first-order valence-electron chi connectivity index (χ1n) is 8.59. The van der Waals surface area contributed by atoms with E-state index in [1.54, 1.807) is 29.8 Å². The summed E-state index contributed by atoms with van der Waals surface area (Å²) in [6, 6.07) is 10.2. The molecule has 0 bridgehead atoms. The number of phenolic OH excluding ortho intramolecular Hbond substituents is 1. The molecular formula is C19H19N5O3S. The van der Waals surface area contributed by atoms with Crippen LogP contribution in [0, 0.1) is 9.68 Å². The first-order valence-corrected chi connectivity index (χ1v) is 9.00. The molecule has 0 aliphatic heterocycles. The van der Waals surface area contributed by atoms with Crippen molar-refractivity contribution >= 4 is 29.5 Å². The third-order valence-electron chi connectivity index (χ3n) is 4.56. The standard InChI is InChI=1S/C19H19N5O3S/c1-4-12-9-15(17(26)10-16(12)22-27)18-20-21-19(28)24(18)14-7-5-13(6-8-14)23(3)11(2)25/h5-10,26H,4H2,1-3H3,(H,21,28). The molecule has 0 aliphatic rings. The molecule has 0 fully saturated rings. The summed E-state index contributed by atoms with van der Waals surface area (Å²) in [7, 11) is 1.69. The van der Waals surface area contributed by atoms with Crippen LogP contribution in [0.3, 0.4) is 0 Å². The molecule has 8 nitrogen and oxygen atoms in total. The number of anilines is 1. The van der Waals surface area contributed by atoms with Crippen LogP contribution in [0.2, 0.25) is 0 Å². The number of aromatic amines is 1. The lowest BCUT2D eigenvalue weighted by Gasteiger charge is -2.16. The number of aromatic hydroxyl groups is 1. The molecule has 0 aliphatic carbocycles. The van der Waals surface area contributed by atoms with Crippen molar-refractivity contribution in [3.63, 3.8) is 0 Å². The molecule has 0 unspecified atom stereocenters. The second-order valence-electron chi connectivity index (χ2n) is 6.23. The molecule has 9 heteroatoms. The Morgan fingerprint density at radius 2 is 2.00 bits per heavy atom. The van der Waals surface area contributed by atoms with E-state index in [0.717, 1.165) is 5.69 Å². The lowest BCUT2D eigenvalue weighted by molar-refractivity contribution is -0.116. The topological polar surface area (TPSA) is 104 Å². The van der Waals surface area contributed by atoms with E-state index in [1.165, 1.54) is 17.9 Å². The zero-order valence-corrected chi connectivity index (χ0v) is 16.4. The highest BCUT2D eigenvalue weighted by atomic mass is 32.1. The van der Waals surface area contributed by atoms with Gasteiger partial charge in [-0.25, -0.2) is 0 Å². The summed E-state index contributed by atoms with van der Waals surface area (Å²) < 4.78 is 2.02. The lowest BCUT2D eigenvalue weighted by Crippen LogP contribution is -2.22. The molecule has 1 aromatic heterocycles. The minimum atomic E-state index is -0.116. The van der Waals surface area contributed by atoms with Crippen molar-refractivity contribution in [1.82, 2.24) is 14.8 Å². The number of nitrogens with one attached hydrogen (secondary N) is 1. The van der Waals surface area contributed by atoms with E-state index in [1.807, 2.05) is 19.1 Å². The summed E-state index contributed by atoms with van der Waals surface area (Å²) in [5.74, 6) is 0.214. The summed E-state index contributed by atoms with van der Waals surface area (Å²) in [4.78, 5) is 24.0. The van der Waals surface area contributed by atoms with Crippen LogP contribution in [0.25, 0.3) is 17.1 Å². The van der Waals surface area contributed by atoms with E-state index in [2.05, 4.69) is 15.4 Å². The Labute approximate surface area is 166 Å². The number of carbonyl (C=O) groups excluding carboxylic acids is 1. The van der Waals surface area contributed by atoms with Gasteiger partial charge in [-0.05, 0) is 59.7 Å². The fourth-order valence-electron chi connectivity index (χ4n) is 2.89. The zero-order chi connectivity index (χ0) is 20.4. The van der Waals surface area contributed by atoms with Crippen LogP contribution in [0.4, 0.5) is 11.4 Å². The number of nitroso groups, excluding NO2 is 1. The van der Waals surface area contributed by atoms with E-state index in [4.69, 9.17) is 12.2 Å². The van der Waals surface area contributed by atoms with Gasteiger partial charge in [-0.15, -0.1) is 4.91 Å². The van der Waals surface area contributed by atoms with Gasteiger partial charge in [-0.2, -0.15) is 5.10 Å². The Bertz CT molecular complexity index is 1100. The Morgan fingerprint density at radius 1 is 1.32 bits per heavy atom. The van der Waals surface area contributed by atoms with Gasteiger partial charge in [-0.1, -0.05) is 6.92 Å². The van der Waals surface area contributed by atoms with Gasteiger partial charge in [-0.3, -0.25) is 14.5 Å². The smallest absolute Gasteiger partial charge is 0.223 e. The van der Waals surface area contributed by atoms with Crippen molar-refractivity contribution < 1.29 is 9.90 Å². The summed E-state index contributed by atoms with van der Waals surface area (Å²) in [5.41, 5.74) is 2.78. The van der Waals surface area contributed by atoms with Crippen LogP contribution < -0.4 is 4.90 Å². The van der Waals surface area contributed by atoms with Gasteiger partial charge in [0, 0.05) is 25.7 Å². The van der Waals surface area contributed by atoms with Crippen LogP contribution in [-0.4, -0.2) is 32.8 Å². The summed E-state index contributed by atoms with van der Waals surface area (Å²) in [6.07, 6.45) is 0.575. The number of aryl methyl sites for hydroxylation is 1. The number of carbonyl (C=O) groups is 1. The number of rotatable bonds is 5. The van der Waals surface area contributed by atoms with E-state index >= 15 is 0 Å². The Balaban J connectivity index is 2.13. The summed E-state index contributed by atoms with van der Waals surface area (Å²) in [5, 5.41) is 20.4. The minimum Gasteiger partial charge on any atom is -0.507 e. The fraction of sp³-hybridized carbons (Fsp3) is 0.211. The highest BCUT2D eigenvalue weighted by Gasteiger charge is 2.18. The summed E-state index contributed by atoms with van der Waals surface area (Å²) >= 11 is 5.36. The average molecular weight is 397 g/mol. The number of nitrogens with zero attached hydrogens (tertiary/aromatic N) is 4. The van der Waals surface area contributed by atoms with E-state index in [-0.39, 0.29) is 17.3 Å². The Hall–Kier alpha value is -3.33. The van der Waals surface area contributed by atoms with Crippen molar-refractivity contribution in [1.29, 1.82) is 0 Å². The molecule has 0 radical (unpaired) electrons. The summed E-state index contributed by atoms with van der Waals surface area (Å²) in [6.45, 7) is 3.39. The predicted molar refractivity (Wildman–Crippen MR) is 110 cm³/mol. The average Bonchev–Trinajstić information content (AvgIpc) is 3.08. The molecule has 0 saturated carbocycles. The fourth-order valence-corrected chi connectivity index (χ4v) is 3.13. The van der Waals surface area contributed by atoms with Crippen LogP contribution in [-0.2, 0) is 11.2 Å². The van der Waals surface area contributed by atoms with Gasteiger partial charge in [0.2, 0.25) is 5.91 Å². The number of hydrogen-bond acceptors (Lipinski definition) is 6. The predicted octanol–water partition coefficient (Wildman–Crippen LogP) is 4.25.